The molecule has 6 heteroatoms. The van der Waals surface area contributed by atoms with Crippen LogP contribution in [0.15, 0.2) is 30.3 Å². The Morgan fingerprint density at radius 1 is 0.840 bits per heavy atom. The van der Waals surface area contributed by atoms with Gasteiger partial charge in [-0.2, -0.15) is 0 Å². The standard InChI is InChI=1S/C19H28N4O2/c24-18(22-10-5-2-6-11-22)9-12-21-13-15-23(16-14-21)19(25)20-17-7-3-1-4-8-17/h1,3-4,7-8H,2,5-6,9-16H2,(H,20,25). The molecule has 2 aliphatic heterocycles. The molecular weight excluding hydrogens is 316 g/mol. The number of likely N-dealkylation sites (tertiary alicyclic amines) is 1. The van der Waals surface area contributed by atoms with Crippen molar-refractivity contribution in [2.45, 2.75) is 25.7 Å². The molecule has 0 atom stereocenters. The van der Waals surface area contributed by atoms with E-state index in [4.69, 9.17) is 0 Å². The Balaban J connectivity index is 1.36. The van der Waals surface area contributed by atoms with Gasteiger partial charge >= 0.3 is 6.03 Å². The van der Waals surface area contributed by atoms with E-state index in [1.54, 1.807) is 0 Å². The second-order valence-electron chi connectivity index (χ2n) is 6.82. The van der Waals surface area contributed by atoms with Gasteiger partial charge in [0.15, 0.2) is 0 Å². The van der Waals surface area contributed by atoms with E-state index >= 15 is 0 Å². The second kappa shape index (κ2) is 8.85. The first kappa shape index (κ1) is 17.7. The van der Waals surface area contributed by atoms with Crippen molar-refractivity contribution in [2.24, 2.45) is 0 Å². The first-order valence-corrected chi connectivity index (χ1v) is 9.33. The highest BCUT2D eigenvalue weighted by atomic mass is 16.2. The van der Waals surface area contributed by atoms with Gasteiger partial charge in [0.05, 0.1) is 0 Å². The minimum Gasteiger partial charge on any atom is -0.343 e. The molecule has 2 fully saturated rings. The minimum atomic E-state index is -0.0461. The van der Waals surface area contributed by atoms with Gasteiger partial charge in [-0.1, -0.05) is 18.2 Å². The van der Waals surface area contributed by atoms with Crippen molar-refractivity contribution in [3.8, 4) is 0 Å². The summed E-state index contributed by atoms with van der Waals surface area (Å²) in [6, 6.07) is 9.48. The van der Waals surface area contributed by atoms with Gasteiger partial charge in [-0.05, 0) is 31.4 Å². The van der Waals surface area contributed by atoms with E-state index in [2.05, 4.69) is 10.2 Å². The normalized spacial score (nSPS) is 18.9. The van der Waals surface area contributed by atoms with Gasteiger partial charge < -0.3 is 15.1 Å². The molecule has 2 aliphatic rings. The first-order chi connectivity index (χ1) is 12.2. The van der Waals surface area contributed by atoms with Crippen LogP contribution in [0.2, 0.25) is 0 Å². The molecular formula is C19H28N4O2. The van der Waals surface area contributed by atoms with E-state index < -0.39 is 0 Å². The topological polar surface area (TPSA) is 55.9 Å². The number of rotatable bonds is 4. The Labute approximate surface area is 149 Å². The summed E-state index contributed by atoms with van der Waals surface area (Å²) >= 11 is 0. The number of para-hydroxylation sites is 1. The molecule has 0 unspecified atom stereocenters. The first-order valence-electron chi connectivity index (χ1n) is 9.33. The van der Waals surface area contributed by atoms with Gasteiger partial charge in [-0.15, -0.1) is 0 Å². The molecule has 136 valence electrons. The fourth-order valence-electron chi connectivity index (χ4n) is 3.45. The van der Waals surface area contributed by atoms with Crippen LogP contribution in [0.5, 0.6) is 0 Å². The fraction of sp³-hybridized carbons (Fsp3) is 0.579. The largest absolute Gasteiger partial charge is 0.343 e. The molecule has 0 radical (unpaired) electrons. The number of anilines is 1. The van der Waals surface area contributed by atoms with Gasteiger partial charge in [0.2, 0.25) is 5.91 Å². The maximum Gasteiger partial charge on any atom is 0.321 e. The zero-order valence-corrected chi connectivity index (χ0v) is 14.8. The van der Waals surface area contributed by atoms with Gasteiger partial charge in [0, 0.05) is 57.9 Å². The lowest BCUT2D eigenvalue weighted by Crippen LogP contribution is -2.50. The zero-order chi connectivity index (χ0) is 17.5. The van der Waals surface area contributed by atoms with Crippen molar-refractivity contribution in [3.05, 3.63) is 30.3 Å². The van der Waals surface area contributed by atoms with Crippen LogP contribution in [0.4, 0.5) is 10.5 Å². The van der Waals surface area contributed by atoms with Crippen LogP contribution >= 0.6 is 0 Å². The lowest BCUT2D eigenvalue weighted by atomic mass is 10.1. The summed E-state index contributed by atoms with van der Waals surface area (Å²) in [5.41, 5.74) is 0.821. The third-order valence-electron chi connectivity index (χ3n) is 5.04. The molecule has 2 saturated heterocycles. The number of carbonyl (C=O) groups is 2. The van der Waals surface area contributed by atoms with E-state index in [0.29, 0.717) is 19.5 Å². The molecule has 1 N–H and O–H groups in total. The molecule has 25 heavy (non-hydrogen) atoms. The van der Waals surface area contributed by atoms with Gasteiger partial charge in [0.1, 0.15) is 0 Å². The van der Waals surface area contributed by atoms with Gasteiger partial charge in [-0.3, -0.25) is 9.69 Å². The summed E-state index contributed by atoms with van der Waals surface area (Å²) in [5, 5.41) is 2.93. The summed E-state index contributed by atoms with van der Waals surface area (Å²) in [5.74, 6) is 0.281. The Morgan fingerprint density at radius 3 is 2.20 bits per heavy atom. The summed E-state index contributed by atoms with van der Waals surface area (Å²) in [4.78, 5) is 30.7. The molecule has 6 nitrogen and oxygen atoms in total. The van der Waals surface area contributed by atoms with Crippen LogP contribution in [-0.2, 0) is 4.79 Å². The van der Waals surface area contributed by atoms with Gasteiger partial charge in [-0.25, -0.2) is 4.79 Å². The average molecular weight is 344 g/mol. The van der Waals surface area contributed by atoms with E-state index in [0.717, 1.165) is 51.3 Å². The predicted molar refractivity (Wildman–Crippen MR) is 98.5 cm³/mol. The summed E-state index contributed by atoms with van der Waals surface area (Å²) in [6.45, 7) is 5.71. The Kier molecular flexibility index (Phi) is 6.28. The number of carbonyl (C=O) groups excluding carboxylic acids is 2. The van der Waals surface area contributed by atoms with E-state index in [1.807, 2.05) is 40.1 Å². The fourth-order valence-corrected chi connectivity index (χ4v) is 3.45. The molecule has 2 heterocycles. The maximum atomic E-state index is 12.3. The lowest BCUT2D eigenvalue weighted by Gasteiger charge is -2.35. The summed E-state index contributed by atoms with van der Waals surface area (Å²) in [7, 11) is 0. The smallest absolute Gasteiger partial charge is 0.321 e. The zero-order valence-electron chi connectivity index (χ0n) is 14.8. The van der Waals surface area contributed by atoms with E-state index in [9.17, 15) is 9.59 Å². The van der Waals surface area contributed by atoms with Crippen LogP contribution in [0, 0.1) is 0 Å². The third kappa shape index (κ3) is 5.19. The Hall–Kier alpha value is -2.08. The van der Waals surface area contributed by atoms with Crippen molar-refractivity contribution in [1.82, 2.24) is 14.7 Å². The number of benzene rings is 1. The number of amides is 3. The van der Waals surface area contributed by atoms with Crippen molar-refractivity contribution in [2.75, 3.05) is 51.1 Å². The number of hydrogen-bond donors (Lipinski definition) is 1. The Morgan fingerprint density at radius 2 is 1.52 bits per heavy atom. The predicted octanol–water partition coefficient (Wildman–Crippen LogP) is 2.24. The van der Waals surface area contributed by atoms with Crippen molar-refractivity contribution >= 4 is 17.6 Å². The van der Waals surface area contributed by atoms with Gasteiger partial charge in [0.25, 0.3) is 0 Å². The SMILES string of the molecule is O=C(CCN1CCN(C(=O)Nc2ccccc2)CC1)N1CCCCC1. The summed E-state index contributed by atoms with van der Waals surface area (Å²) in [6.07, 6.45) is 4.12. The molecule has 0 saturated carbocycles. The monoisotopic (exact) mass is 344 g/mol. The van der Waals surface area contributed by atoms with Crippen molar-refractivity contribution in [3.63, 3.8) is 0 Å². The highest BCUT2D eigenvalue weighted by molar-refractivity contribution is 5.89. The number of piperidine rings is 1. The molecule has 0 aliphatic carbocycles. The number of urea groups is 1. The quantitative estimate of drug-likeness (QED) is 0.911. The molecule has 3 rings (SSSR count). The van der Waals surface area contributed by atoms with E-state index in [-0.39, 0.29) is 11.9 Å². The number of nitrogens with one attached hydrogen (secondary N) is 1. The molecule has 0 aromatic heterocycles. The third-order valence-corrected chi connectivity index (χ3v) is 5.04. The van der Waals surface area contributed by atoms with Crippen LogP contribution in [0.25, 0.3) is 0 Å². The molecule has 0 bridgehead atoms. The number of piperazine rings is 1. The number of nitrogens with zero attached hydrogens (tertiary/aromatic N) is 3. The average Bonchev–Trinajstić information content (AvgIpc) is 2.68. The van der Waals surface area contributed by atoms with Crippen molar-refractivity contribution < 1.29 is 9.59 Å². The maximum absolute atomic E-state index is 12.3. The Bertz CT molecular complexity index is 564. The van der Waals surface area contributed by atoms with E-state index in [1.165, 1.54) is 6.42 Å². The summed E-state index contributed by atoms with van der Waals surface area (Å²) < 4.78 is 0. The highest BCUT2D eigenvalue weighted by Gasteiger charge is 2.22. The molecule has 1 aromatic rings. The van der Waals surface area contributed by atoms with Crippen LogP contribution in [0.3, 0.4) is 0 Å². The number of hydrogen-bond acceptors (Lipinski definition) is 3. The van der Waals surface area contributed by atoms with Crippen LogP contribution < -0.4 is 5.32 Å². The molecule has 3 amide bonds. The van der Waals surface area contributed by atoms with Crippen molar-refractivity contribution in [1.29, 1.82) is 0 Å². The van der Waals surface area contributed by atoms with Crippen LogP contribution in [-0.4, -0.2) is 72.5 Å². The minimum absolute atomic E-state index is 0.0461. The second-order valence-corrected chi connectivity index (χ2v) is 6.82. The molecule has 1 aromatic carbocycles. The molecule has 0 spiro atoms. The lowest BCUT2D eigenvalue weighted by molar-refractivity contribution is -0.132. The van der Waals surface area contributed by atoms with Crippen LogP contribution in [0.1, 0.15) is 25.7 Å². The highest BCUT2D eigenvalue weighted by Crippen LogP contribution is 2.12.